The second-order valence-electron chi connectivity index (χ2n) is 6.14. The highest BCUT2D eigenvalue weighted by Gasteiger charge is 2.30. The van der Waals surface area contributed by atoms with E-state index in [2.05, 4.69) is 27.8 Å². The average molecular weight is 437 g/mol. The second-order valence-corrected chi connectivity index (χ2v) is 8.14. The minimum absolute atomic E-state index is 0.00463. The number of carbonyl (C=O) groups excluding carboxylic acids is 2. The molecule has 0 spiro atoms. The standard InChI is InChI=1S/C19H18BrFN2O2S/c1-2-9-23(11-13-10-14(20)5-6-15(13)21)19(25)16-7-8-17(26-16)22-18(24)12-3-4-12/h2,5-8,10,12H,1,3-4,9,11H2,(H,22,24). The zero-order valence-corrected chi connectivity index (χ0v) is 16.4. The van der Waals surface area contributed by atoms with E-state index >= 15 is 0 Å². The van der Waals surface area contributed by atoms with Crippen LogP contribution in [0.4, 0.5) is 9.39 Å². The minimum Gasteiger partial charge on any atom is -0.330 e. The molecule has 0 saturated heterocycles. The Balaban J connectivity index is 1.73. The van der Waals surface area contributed by atoms with Crippen LogP contribution in [-0.2, 0) is 11.3 Å². The van der Waals surface area contributed by atoms with Crippen LogP contribution < -0.4 is 5.32 Å². The summed E-state index contributed by atoms with van der Waals surface area (Å²) in [5.41, 5.74) is 0.424. The van der Waals surface area contributed by atoms with Crippen LogP contribution in [-0.4, -0.2) is 23.3 Å². The normalized spacial score (nSPS) is 13.3. The molecule has 1 aliphatic rings. The number of hydrogen-bond donors (Lipinski definition) is 1. The number of nitrogens with zero attached hydrogens (tertiary/aromatic N) is 1. The Hall–Kier alpha value is -1.99. The van der Waals surface area contributed by atoms with Crippen LogP contribution in [0.5, 0.6) is 0 Å². The van der Waals surface area contributed by atoms with Gasteiger partial charge >= 0.3 is 0 Å². The zero-order chi connectivity index (χ0) is 18.7. The highest BCUT2D eigenvalue weighted by molar-refractivity contribution is 9.10. The van der Waals surface area contributed by atoms with E-state index in [1.807, 2.05) is 0 Å². The van der Waals surface area contributed by atoms with Crippen molar-refractivity contribution >= 4 is 44.1 Å². The van der Waals surface area contributed by atoms with Gasteiger partial charge in [0.15, 0.2) is 0 Å². The summed E-state index contributed by atoms with van der Waals surface area (Å²) in [5, 5.41) is 3.49. The first-order valence-electron chi connectivity index (χ1n) is 8.22. The van der Waals surface area contributed by atoms with Gasteiger partial charge in [-0.2, -0.15) is 0 Å². The van der Waals surface area contributed by atoms with Gasteiger partial charge in [-0.05, 0) is 43.2 Å². The largest absolute Gasteiger partial charge is 0.330 e. The number of anilines is 1. The topological polar surface area (TPSA) is 49.4 Å². The smallest absolute Gasteiger partial charge is 0.264 e. The molecular weight excluding hydrogens is 419 g/mol. The van der Waals surface area contributed by atoms with Crippen LogP contribution in [0.3, 0.4) is 0 Å². The first-order chi connectivity index (χ1) is 12.5. The number of hydrogen-bond acceptors (Lipinski definition) is 3. The van der Waals surface area contributed by atoms with Gasteiger partial charge in [-0.3, -0.25) is 9.59 Å². The molecule has 1 fully saturated rings. The lowest BCUT2D eigenvalue weighted by Crippen LogP contribution is -2.30. The Bertz CT molecular complexity index is 848. The second kappa shape index (κ2) is 8.14. The van der Waals surface area contributed by atoms with Crippen molar-refractivity contribution in [2.24, 2.45) is 5.92 Å². The van der Waals surface area contributed by atoms with Crippen molar-refractivity contribution in [3.05, 3.63) is 63.7 Å². The molecule has 0 aliphatic heterocycles. The predicted molar refractivity (Wildman–Crippen MR) is 105 cm³/mol. The van der Waals surface area contributed by atoms with E-state index in [0.717, 1.165) is 17.3 Å². The van der Waals surface area contributed by atoms with E-state index in [0.29, 0.717) is 22.0 Å². The fourth-order valence-electron chi connectivity index (χ4n) is 2.49. The van der Waals surface area contributed by atoms with Gasteiger partial charge in [-0.1, -0.05) is 22.0 Å². The lowest BCUT2D eigenvalue weighted by Gasteiger charge is -2.21. The van der Waals surface area contributed by atoms with E-state index in [4.69, 9.17) is 0 Å². The summed E-state index contributed by atoms with van der Waals surface area (Å²) in [4.78, 5) is 26.7. The Labute approximate surface area is 163 Å². The molecule has 0 atom stereocenters. The van der Waals surface area contributed by atoms with Gasteiger partial charge in [0.1, 0.15) is 5.82 Å². The molecule has 1 saturated carbocycles. The molecule has 4 nitrogen and oxygen atoms in total. The summed E-state index contributed by atoms with van der Waals surface area (Å²) < 4.78 is 14.8. The number of halogens is 2. The van der Waals surface area contributed by atoms with E-state index < -0.39 is 0 Å². The molecule has 2 amide bonds. The number of nitrogens with one attached hydrogen (secondary N) is 1. The number of carbonyl (C=O) groups is 2. The monoisotopic (exact) mass is 436 g/mol. The molecule has 7 heteroatoms. The maximum absolute atomic E-state index is 14.0. The maximum Gasteiger partial charge on any atom is 0.264 e. The predicted octanol–water partition coefficient (Wildman–Crippen LogP) is 4.83. The van der Waals surface area contributed by atoms with Gasteiger partial charge in [0.2, 0.25) is 5.91 Å². The highest BCUT2D eigenvalue weighted by atomic mass is 79.9. The zero-order valence-electron chi connectivity index (χ0n) is 14.0. The Morgan fingerprint density at radius 1 is 1.35 bits per heavy atom. The molecule has 26 heavy (non-hydrogen) atoms. The van der Waals surface area contributed by atoms with Crippen molar-refractivity contribution < 1.29 is 14.0 Å². The first kappa shape index (κ1) is 18.8. The molecule has 0 unspecified atom stereocenters. The molecule has 3 rings (SSSR count). The summed E-state index contributed by atoms with van der Waals surface area (Å²) in [6.07, 6.45) is 3.46. The molecule has 0 bridgehead atoms. The van der Waals surface area contributed by atoms with Crippen LogP contribution in [0.1, 0.15) is 28.1 Å². The third-order valence-corrected chi connectivity index (χ3v) is 5.50. The van der Waals surface area contributed by atoms with E-state index in [1.165, 1.54) is 22.3 Å². The SMILES string of the molecule is C=CCN(Cc1cc(Br)ccc1F)C(=O)c1ccc(NC(=O)C2CC2)s1. The molecule has 1 N–H and O–H groups in total. The van der Waals surface area contributed by atoms with Crippen molar-refractivity contribution in [3.63, 3.8) is 0 Å². The summed E-state index contributed by atoms with van der Waals surface area (Å²) in [5.74, 6) is -0.474. The number of benzene rings is 1. The molecule has 1 aromatic heterocycles. The summed E-state index contributed by atoms with van der Waals surface area (Å²) >= 11 is 4.55. The van der Waals surface area contributed by atoms with E-state index in [-0.39, 0.29) is 30.1 Å². The first-order valence-corrected chi connectivity index (χ1v) is 9.83. The third kappa shape index (κ3) is 4.59. The molecular formula is C19H18BrFN2O2S. The fraction of sp³-hybridized carbons (Fsp3) is 0.263. The summed E-state index contributed by atoms with van der Waals surface area (Å²) in [6.45, 7) is 4.11. The molecule has 1 heterocycles. The van der Waals surface area contributed by atoms with Crippen molar-refractivity contribution in [1.29, 1.82) is 0 Å². The van der Waals surface area contributed by atoms with Crippen LogP contribution in [0.2, 0.25) is 0 Å². The lowest BCUT2D eigenvalue weighted by molar-refractivity contribution is -0.117. The molecule has 0 radical (unpaired) electrons. The van der Waals surface area contributed by atoms with Crippen molar-refractivity contribution in [3.8, 4) is 0 Å². The number of amides is 2. The third-order valence-electron chi connectivity index (χ3n) is 4.02. The summed E-state index contributed by atoms with van der Waals surface area (Å²) in [6, 6.07) is 8.06. The van der Waals surface area contributed by atoms with Crippen LogP contribution in [0.15, 0.2) is 47.5 Å². The average Bonchev–Trinajstić information content (AvgIpc) is 3.37. The summed E-state index contributed by atoms with van der Waals surface area (Å²) in [7, 11) is 0. The van der Waals surface area contributed by atoms with Crippen LogP contribution in [0.25, 0.3) is 0 Å². The molecule has 1 aliphatic carbocycles. The van der Waals surface area contributed by atoms with E-state index in [9.17, 15) is 14.0 Å². The molecule has 2 aromatic rings. The van der Waals surface area contributed by atoms with Crippen LogP contribution >= 0.6 is 27.3 Å². The Morgan fingerprint density at radius 2 is 2.12 bits per heavy atom. The van der Waals surface area contributed by atoms with Gasteiger partial charge in [-0.25, -0.2) is 4.39 Å². The van der Waals surface area contributed by atoms with Gasteiger partial charge < -0.3 is 10.2 Å². The Morgan fingerprint density at radius 3 is 2.81 bits per heavy atom. The number of thiophene rings is 1. The van der Waals surface area contributed by atoms with Gasteiger partial charge in [-0.15, -0.1) is 17.9 Å². The number of rotatable bonds is 7. The van der Waals surface area contributed by atoms with E-state index in [1.54, 1.807) is 30.3 Å². The van der Waals surface area contributed by atoms with Crippen LogP contribution in [0, 0.1) is 11.7 Å². The van der Waals surface area contributed by atoms with Crippen molar-refractivity contribution in [2.75, 3.05) is 11.9 Å². The quantitative estimate of drug-likeness (QED) is 0.631. The molecule has 136 valence electrons. The van der Waals surface area contributed by atoms with Crippen molar-refractivity contribution in [1.82, 2.24) is 4.90 Å². The highest BCUT2D eigenvalue weighted by Crippen LogP contribution is 2.32. The minimum atomic E-state index is -0.362. The van der Waals surface area contributed by atoms with Gasteiger partial charge in [0.25, 0.3) is 5.91 Å². The van der Waals surface area contributed by atoms with Gasteiger partial charge in [0, 0.05) is 29.0 Å². The Kier molecular flexibility index (Phi) is 5.88. The lowest BCUT2D eigenvalue weighted by atomic mass is 10.2. The fourth-order valence-corrected chi connectivity index (χ4v) is 3.78. The maximum atomic E-state index is 14.0. The molecule has 1 aromatic carbocycles. The van der Waals surface area contributed by atoms with Crippen molar-refractivity contribution in [2.45, 2.75) is 19.4 Å². The van der Waals surface area contributed by atoms with Gasteiger partial charge in [0.05, 0.1) is 9.88 Å².